The maximum atomic E-state index is 10.3. The van der Waals surface area contributed by atoms with Crippen LogP contribution in [0.25, 0.3) is 0 Å². The SMILES string of the molecule is CNc1ccc(CS(=O)[O-])cc1.Cl. The highest BCUT2D eigenvalue weighted by atomic mass is 35.5. The normalized spacial score (nSPS) is 11.5. The van der Waals surface area contributed by atoms with Gasteiger partial charge in [0.15, 0.2) is 0 Å². The highest BCUT2D eigenvalue weighted by molar-refractivity contribution is 7.78. The smallest absolute Gasteiger partial charge is 0.0353 e. The summed E-state index contributed by atoms with van der Waals surface area (Å²) < 4.78 is 20.6. The van der Waals surface area contributed by atoms with Gasteiger partial charge in [-0.3, -0.25) is 4.21 Å². The lowest BCUT2D eigenvalue weighted by atomic mass is 10.2. The summed E-state index contributed by atoms with van der Waals surface area (Å²) in [4.78, 5) is 0. The monoisotopic (exact) mass is 220 g/mol. The highest BCUT2D eigenvalue weighted by Gasteiger charge is 1.92. The molecule has 0 aliphatic rings. The zero-order chi connectivity index (χ0) is 8.97. The van der Waals surface area contributed by atoms with Crippen LogP contribution < -0.4 is 5.32 Å². The molecule has 0 heterocycles. The number of nitrogens with one attached hydrogen (secondary N) is 1. The minimum Gasteiger partial charge on any atom is -0.772 e. The van der Waals surface area contributed by atoms with Crippen molar-refractivity contribution in [2.24, 2.45) is 0 Å². The van der Waals surface area contributed by atoms with Gasteiger partial charge in [-0.15, -0.1) is 12.4 Å². The van der Waals surface area contributed by atoms with Gasteiger partial charge in [0.25, 0.3) is 0 Å². The first-order valence-corrected chi connectivity index (χ1v) is 4.79. The molecule has 1 unspecified atom stereocenters. The molecule has 1 rings (SSSR count). The maximum absolute atomic E-state index is 10.3. The minimum absolute atomic E-state index is 0. The van der Waals surface area contributed by atoms with Gasteiger partial charge < -0.3 is 9.87 Å². The van der Waals surface area contributed by atoms with E-state index in [-0.39, 0.29) is 18.2 Å². The molecule has 0 saturated carbocycles. The standard InChI is InChI=1S/C8H11NO2S.ClH/c1-9-8-4-2-7(3-5-8)6-12(10)11;/h2-5,9H,6H2,1H3,(H,10,11);1H/p-1. The third kappa shape index (κ3) is 4.26. The molecule has 0 amide bonds. The summed E-state index contributed by atoms with van der Waals surface area (Å²) in [6.45, 7) is 0. The molecule has 0 aliphatic heterocycles. The van der Waals surface area contributed by atoms with Gasteiger partial charge >= 0.3 is 0 Å². The second-order valence-electron chi connectivity index (χ2n) is 2.40. The van der Waals surface area contributed by atoms with Crippen LogP contribution >= 0.6 is 12.4 Å². The third-order valence-corrected chi connectivity index (χ3v) is 2.10. The van der Waals surface area contributed by atoms with Gasteiger partial charge in [0.05, 0.1) is 0 Å². The van der Waals surface area contributed by atoms with Gasteiger partial charge in [-0.2, -0.15) is 0 Å². The van der Waals surface area contributed by atoms with Crippen LogP contribution in [0, 0.1) is 0 Å². The Morgan fingerprint density at radius 2 is 1.92 bits per heavy atom. The fourth-order valence-corrected chi connectivity index (χ4v) is 1.37. The van der Waals surface area contributed by atoms with Gasteiger partial charge in [-0.05, 0) is 17.7 Å². The molecule has 13 heavy (non-hydrogen) atoms. The van der Waals surface area contributed by atoms with Gasteiger partial charge in [0.1, 0.15) is 0 Å². The summed E-state index contributed by atoms with van der Waals surface area (Å²) in [5.41, 5.74) is 1.79. The van der Waals surface area contributed by atoms with Gasteiger partial charge in [0.2, 0.25) is 0 Å². The quantitative estimate of drug-likeness (QED) is 0.787. The first-order chi connectivity index (χ1) is 5.72. The zero-order valence-electron chi connectivity index (χ0n) is 7.15. The Bertz CT molecular complexity index is 276. The maximum Gasteiger partial charge on any atom is 0.0353 e. The number of anilines is 1. The van der Waals surface area contributed by atoms with Crippen molar-refractivity contribution in [3.8, 4) is 0 Å². The van der Waals surface area contributed by atoms with Gasteiger partial charge in [-0.1, -0.05) is 23.2 Å². The van der Waals surface area contributed by atoms with Crippen molar-refractivity contribution in [1.29, 1.82) is 0 Å². The predicted octanol–water partition coefficient (Wildman–Crippen LogP) is 1.53. The molecule has 0 saturated heterocycles. The lowest BCUT2D eigenvalue weighted by Gasteiger charge is -2.05. The van der Waals surface area contributed by atoms with Crippen molar-refractivity contribution >= 4 is 29.2 Å². The average Bonchev–Trinajstić information content (AvgIpc) is 2.05. The predicted molar refractivity (Wildman–Crippen MR) is 55.9 cm³/mol. The van der Waals surface area contributed by atoms with Crippen LogP contribution in [0.15, 0.2) is 24.3 Å². The Morgan fingerprint density at radius 1 is 1.38 bits per heavy atom. The Hall–Kier alpha value is -0.580. The minimum atomic E-state index is -2.00. The molecule has 1 aromatic carbocycles. The van der Waals surface area contributed by atoms with Crippen LogP contribution in [-0.4, -0.2) is 15.8 Å². The molecular formula is C8H11ClNO2S-. The number of hydrogen-bond donors (Lipinski definition) is 1. The third-order valence-electron chi connectivity index (χ3n) is 1.53. The Labute approximate surface area is 86.2 Å². The van der Waals surface area contributed by atoms with Crippen LogP contribution in [0.1, 0.15) is 5.56 Å². The second-order valence-corrected chi connectivity index (χ2v) is 3.29. The molecule has 1 N–H and O–H groups in total. The molecule has 5 heteroatoms. The van der Waals surface area contributed by atoms with Crippen LogP contribution in [-0.2, 0) is 16.8 Å². The number of halogens is 1. The second kappa shape index (κ2) is 5.96. The van der Waals surface area contributed by atoms with Crippen molar-refractivity contribution in [3.63, 3.8) is 0 Å². The molecule has 0 bridgehead atoms. The molecule has 0 radical (unpaired) electrons. The molecule has 1 atom stereocenters. The summed E-state index contributed by atoms with van der Waals surface area (Å²) >= 11 is -2.00. The largest absolute Gasteiger partial charge is 0.772 e. The molecule has 0 fully saturated rings. The number of hydrogen-bond acceptors (Lipinski definition) is 3. The van der Waals surface area contributed by atoms with Gasteiger partial charge in [0, 0.05) is 18.5 Å². The Morgan fingerprint density at radius 3 is 2.31 bits per heavy atom. The molecular weight excluding hydrogens is 210 g/mol. The summed E-state index contributed by atoms with van der Waals surface area (Å²) in [5.74, 6) is 0.0873. The topological polar surface area (TPSA) is 52.2 Å². The Kier molecular flexibility index (Phi) is 5.70. The summed E-state index contributed by atoms with van der Waals surface area (Å²) in [6, 6.07) is 7.29. The first kappa shape index (κ1) is 12.4. The van der Waals surface area contributed by atoms with E-state index < -0.39 is 11.1 Å². The van der Waals surface area contributed by atoms with Crippen LogP contribution in [0.5, 0.6) is 0 Å². The van der Waals surface area contributed by atoms with E-state index in [4.69, 9.17) is 0 Å². The highest BCUT2D eigenvalue weighted by Crippen LogP contribution is 2.09. The average molecular weight is 221 g/mol. The molecule has 0 aromatic heterocycles. The lowest BCUT2D eigenvalue weighted by Crippen LogP contribution is -1.93. The van der Waals surface area contributed by atoms with Crippen molar-refractivity contribution in [3.05, 3.63) is 29.8 Å². The fourth-order valence-electron chi connectivity index (χ4n) is 0.904. The van der Waals surface area contributed by atoms with Crippen LogP contribution in [0.3, 0.4) is 0 Å². The Balaban J connectivity index is 0.00000144. The van der Waals surface area contributed by atoms with Crippen molar-refractivity contribution in [2.45, 2.75) is 5.75 Å². The number of rotatable bonds is 3. The zero-order valence-corrected chi connectivity index (χ0v) is 8.78. The van der Waals surface area contributed by atoms with E-state index in [0.717, 1.165) is 11.3 Å². The summed E-state index contributed by atoms with van der Waals surface area (Å²) in [6.07, 6.45) is 0. The molecule has 0 aliphatic carbocycles. The fraction of sp³-hybridized carbons (Fsp3) is 0.250. The van der Waals surface area contributed by atoms with E-state index in [9.17, 15) is 8.76 Å². The van der Waals surface area contributed by atoms with E-state index in [1.54, 1.807) is 12.1 Å². The van der Waals surface area contributed by atoms with E-state index >= 15 is 0 Å². The molecule has 3 nitrogen and oxygen atoms in total. The molecule has 74 valence electrons. The van der Waals surface area contributed by atoms with Crippen molar-refractivity contribution in [1.82, 2.24) is 0 Å². The van der Waals surface area contributed by atoms with Crippen LogP contribution in [0.2, 0.25) is 0 Å². The van der Waals surface area contributed by atoms with Crippen LogP contribution in [0.4, 0.5) is 5.69 Å². The van der Waals surface area contributed by atoms with Crippen molar-refractivity contribution < 1.29 is 8.76 Å². The lowest BCUT2D eigenvalue weighted by molar-refractivity contribution is 0.536. The van der Waals surface area contributed by atoms with Gasteiger partial charge in [-0.25, -0.2) is 0 Å². The number of benzene rings is 1. The van der Waals surface area contributed by atoms with E-state index in [1.807, 2.05) is 19.2 Å². The van der Waals surface area contributed by atoms with Crippen molar-refractivity contribution in [2.75, 3.05) is 12.4 Å². The first-order valence-electron chi connectivity index (χ1n) is 3.55. The van der Waals surface area contributed by atoms with E-state index in [0.29, 0.717) is 0 Å². The van der Waals surface area contributed by atoms with E-state index in [1.165, 1.54) is 0 Å². The summed E-state index contributed by atoms with van der Waals surface area (Å²) in [7, 11) is 1.82. The summed E-state index contributed by atoms with van der Waals surface area (Å²) in [5, 5.41) is 2.95. The van der Waals surface area contributed by atoms with E-state index in [2.05, 4.69) is 5.32 Å². The molecule has 0 spiro atoms. The molecule has 1 aromatic rings.